The lowest BCUT2D eigenvalue weighted by Crippen LogP contribution is -2.53. The van der Waals surface area contributed by atoms with Crippen molar-refractivity contribution in [1.29, 1.82) is 5.26 Å². The molecule has 1 fully saturated rings. The van der Waals surface area contributed by atoms with Crippen LogP contribution < -0.4 is 5.32 Å². The molecule has 1 aliphatic carbocycles. The van der Waals surface area contributed by atoms with Gasteiger partial charge in [-0.15, -0.1) is 0 Å². The number of aliphatic hydroxyl groups is 1. The van der Waals surface area contributed by atoms with E-state index in [1.54, 1.807) is 0 Å². The third-order valence-corrected chi connectivity index (χ3v) is 6.84. The third-order valence-electron chi connectivity index (χ3n) is 6.84. The second kappa shape index (κ2) is 9.63. The number of benzene rings is 2. The number of aliphatic hydroxyl groups excluding tert-OH is 1. The zero-order valence-corrected chi connectivity index (χ0v) is 19.0. The smallest absolute Gasteiger partial charge is 0.408 e. The van der Waals surface area contributed by atoms with Gasteiger partial charge < -0.3 is 20.1 Å². The highest BCUT2D eigenvalue weighted by Crippen LogP contribution is 2.38. The van der Waals surface area contributed by atoms with Crippen LogP contribution >= 0.6 is 0 Å². The molecule has 0 bridgehead atoms. The van der Waals surface area contributed by atoms with Crippen LogP contribution in [0, 0.1) is 17.2 Å². The molecule has 1 saturated heterocycles. The summed E-state index contributed by atoms with van der Waals surface area (Å²) in [7, 11) is 0. The molecule has 7 nitrogen and oxygen atoms in total. The van der Waals surface area contributed by atoms with E-state index in [4.69, 9.17) is 4.74 Å². The van der Waals surface area contributed by atoms with Crippen molar-refractivity contribution in [3.8, 4) is 17.2 Å². The zero-order chi connectivity index (χ0) is 23.5. The normalized spacial score (nSPS) is 20.4. The average molecular weight is 448 g/mol. The Hall–Kier alpha value is -3.37. The molecule has 2 aliphatic rings. The van der Waals surface area contributed by atoms with E-state index in [0.29, 0.717) is 19.4 Å². The summed E-state index contributed by atoms with van der Waals surface area (Å²) >= 11 is 0. The van der Waals surface area contributed by atoms with Crippen molar-refractivity contribution < 1.29 is 19.4 Å². The molecule has 0 aromatic heterocycles. The van der Waals surface area contributed by atoms with Gasteiger partial charge >= 0.3 is 6.09 Å². The van der Waals surface area contributed by atoms with E-state index in [-0.39, 0.29) is 18.4 Å². The fraction of sp³-hybridized carbons (Fsp3) is 0.423. The van der Waals surface area contributed by atoms with E-state index >= 15 is 0 Å². The van der Waals surface area contributed by atoms with Crippen molar-refractivity contribution in [2.75, 3.05) is 6.54 Å². The maximum absolute atomic E-state index is 13.1. The van der Waals surface area contributed by atoms with Crippen molar-refractivity contribution >= 4 is 12.0 Å². The maximum Gasteiger partial charge on any atom is 0.408 e. The van der Waals surface area contributed by atoms with Crippen molar-refractivity contribution in [3.05, 3.63) is 59.2 Å². The van der Waals surface area contributed by atoms with E-state index in [1.807, 2.05) is 44.2 Å². The summed E-state index contributed by atoms with van der Waals surface area (Å²) < 4.78 is 5.53. The van der Waals surface area contributed by atoms with Crippen molar-refractivity contribution in [2.24, 2.45) is 5.92 Å². The van der Waals surface area contributed by atoms with Gasteiger partial charge in [-0.25, -0.2) is 4.79 Å². The standard InChI is InChI=1S/C26H29N3O4/c1-3-16(2)24(25(31)29-12-11-23(30)22(29)14-27)28-26(32)33-15-18-8-6-10-20-19-9-5-4-7-17(19)13-21(18)20/h4-10,16,22-24,30H,3,11-13,15H2,1-2H3,(H,28,32)/t16-,22-,23-,24-/m0/s1. The van der Waals surface area contributed by atoms with Gasteiger partial charge in [-0.2, -0.15) is 5.26 Å². The first-order valence-electron chi connectivity index (χ1n) is 11.4. The SMILES string of the molecule is CC[C@H](C)[C@H](NC(=O)OCc1cccc2c1Cc1ccccc1-2)C(=O)N1CC[C@H](O)[C@@H]1C#N. The molecule has 1 heterocycles. The quantitative estimate of drug-likeness (QED) is 0.603. The minimum absolute atomic E-state index is 0.105. The molecule has 4 atom stereocenters. The van der Waals surface area contributed by atoms with E-state index < -0.39 is 24.3 Å². The number of ether oxygens (including phenoxy) is 1. The summed E-state index contributed by atoms with van der Waals surface area (Å²) in [6.45, 7) is 4.20. The largest absolute Gasteiger partial charge is 0.445 e. The maximum atomic E-state index is 13.1. The molecular formula is C26H29N3O4. The van der Waals surface area contributed by atoms with Crippen molar-refractivity contribution in [3.63, 3.8) is 0 Å². The Balaban J connectivity index is 1.43. The van der Waals surface area contributed by atoms with Crippen LogP contribution in [0.1, 0.15) is 43.4 Å². The topological polar surface area (TPSA) is 103 Å². The molecule has 2 aromatic carbocycles. The van der Waals surface area contributed by atoms with Crippen LogP contribution in [-0.2, 0) is 22.6 Å². The summed E-state index contributed by atoms with van der Waals surface area (Å²) in [5.41, 5.74) is 5.73. The highest BCUT2D eigenvalue weighted by Gasteiger charge is 2.40. The van der Waals surface area contributed by atoms with Crippen LogP contribution in [0.3, 0.4) is 0 Å². The monoisotopic (exact) mass is 447 g/mol. The van der Waals surface area contributed by atoms with Crippen LogP contribution in [-0.4, -0.2) is 46.7 Å². The third kappa shape index (κ3) is 4.44. The van der Waals surface area contributed by atoms with Gasteiger partial charge in [-0.05, 0) is 46.6 Å². The Kier molecular flexibility index (Phi) is 6.66. The number of nitrogens with one attached hydrogen (secondary N) is 1. The summed E-state index contributed by atoms with van der Waals surface area (Å²) in [6, 6.07) is 14.5. The molecule has 172 valence electrons. The van der Waals surface area contributed by atoms with Crippen molar-refractivity contribution in [2.45, 2.75) is 57.9 Å². The highest BCUT2D eigenvalue weighted by atomic mass is 16.5. The van der Waals surface area contributed by atoms with Gasteiger partial charge in [0.2, 0.25) is 5.91 Å². The molecule has 7 heteroatoms. The molecule has 4 rings (SSSR count). The molecule has 0 unspecified atom stereocenters. The van der Waals surface area contributed by atoms with Gasteiger partial charge in [0.1, 0.15) is 18.7 Å². The molecular weight excluding hydrogens is 418 g/mol. The fourth-order valence-electron chi connectivity index (χ4n) is 4.71. The van der Waals surface area contributed by atoms with Gasteiger partial charge in [-0.1, -0.05) is 62.7 Å². The zero-order valence-electron chi connectivity index (χ0n) is 19.0. The van der Waals surface area contributed by atoms with Gasteiger partial charge in [0, 0.05) is 6.54 Å². The lowest BCUT2D eigenvalue weighted by molar-refractivity contribution is -0.135. The summed E-state index contributed by atoms with van der Waals surface area (Å²) in [5.74, 6) is -0.516. The molecule has 1 aliphatic heterocycles. The Labute approximate surface area is 194 Å². The molecule has 0 spiro atoms. The Morgan fingerprint density at radius 2 is 2.00 bits per heavy atom. The molecule has 2 amide bonds. The number of nitriles is 1. The predicted molar refractivity (Wildman–Crippen MR) is 123 cm³/mol. The average Bonchev–Trinajstić information content (AvgIpc) is 3.40. The second-order valence-electron chi connectivity index (χ2n) is 8.82. The lowest BCUT2D eigenvalue weighted by Gasteiger charge is -2.29. The number of carbonyl (C=O) groups excluding carboxylic acids is 2. The number of hydrogen-bond acceptors (Lipinski definition) is 5. The first kappa shape index (κ1) is 22.8. The predicted octanol–water partition coefficient (Wildman–Crippen LogP) is 3.38. The highest BCUT2D eigenvalue weighted by molar-refractivity contribution is 5.87. The fourth-order valence-corrected chi connectivity index (χ4v) is 4.71. The summed E-state index contributed by atoms with van der Waals surface area (Å²) in [5, 5.41) is 22.1. The molecule has 2 aromatic rings. The number of fused-ring (bicyclic) bond motifs is 3. The molecule has 0 radical (unpaired) electrons. The number of carbonyl (C=O) groups is 2. The minimum atomic E-state index is -0.893. The van der Waals surface area contributed by atoms with E-state index in [1.165, 1.54) is 16.0 Å². The van der Waals surface area contributed by atoms with Crippen LogP contribution in [0.2, 0.25) is 0 Å². The molecule has 33 heavy (non-hydrogen) atoms. The Morgan fingerprint density at radius 3 is 2.76 bits per heavy atom. The number of likely N-dealkylation sites (tertiary alicyclic amines) is 1. The number of nitrogens with zero attached hydrogens (tertiary/aromatic N) is 2. The first-order chi connectivity index (χ1) is 15.9. The number of hydrogen-bond donors (Lipinski definition) is 2. The van der Waals surface area contributed by atoms with Gasteiger partial charge in [0.25, 0.3) is 0 Å². The van der Waals surface area contributed by atoms with Crippen molar-refractivity contribution in [1.82, 2.24) is 10.2 Å². The van der Waals surface area contributed by atoms with Gasteiger partial charge in [0.05, 0.1) is 12.2 Å². The molecule has 0 saturated carbocycles. The first-order valence-corrected chi connectivity index (χ1v) is 11.4. The van der Waals surface area contributed by atoms with Gasteiger partial charge in [0.15, 0.2) is 0 Å². The Bertz CT molecular complexity index is 1090. The second-order valence-corrected chi connectivity index (χ2v) is 8.82. The van der Waals surface area contributed by atoms with Crippen LogP contribution in [0.25, 0.3) is 11.1 Å². The van der Waals surface area contributed by atoms with E-state index in [2.05, 4.69) is 23.5 Å². The van der Waals surface area contributed by atoms with Crippen LogP contribution in [0.5, 0.6) is 0 Å². The lowest BCUT2D eigenvalue weighted by atomic mass is 9.97. The number of amides is 2. The minimum Gasteiger partial charge on any atom is -0.445 e. The summed E-state index contributed by atoms with van der Waals surface area (Å²) in [4.78, 5) is 27.2. The van der Waals surface area contributed by atoms with E-state index in [9.17, 15) is 20.0 Å². The van der Waals surface area contributed by atoms with E-state index in [0.717, 1.165) is 23.1 Å². The van der Waals surface area contributed by atoms with Crippen LogP contribution in [0.4, 0.5) is 4.79 Å². The Morgan fingerprint density at radius 1 is 1.24 bits per heavy atom. The summed E-state index contributed by atoms with van der Waals surface area (Å²) in [6.07, 6.45) is 0.272. The number of alkyl carbamates (subject to hydrolysis) is 1. The number of rotatable bonds is 6. The van der Waals surface area contributed by atoms with Gasteiger partial charge in [-0.3, -0.25) is 4.79 Å². The molecule has 2 N–H and O–H groups in total. The van der Waals surface area contributed by atoms with Crippen LogP contribution in [0.15, 0.2) is 42.5 Å².